The first kappa shape index (κ1) is 24.9. The highest BCUT2D eigenvalue weighted by Gasteiger charge is 2.14. The minimum absolute atomic E-state index is 0. The lowest BCUT2D eigenvalue weighted by Gasteiger charge is -2.23. The molecule has 1 N–H and O–H groups in total. The van der Waals surface area contributed by atoms with Gasteiger partial charge in [0.05, 0.1) is 13.4 Å². The Hall–Kier alpha value is -1.07. The number of halogens is 1. The smallest absolute Gasteiger partial charge is 0.211 e. The van der Waals surface area contributed by atoms with Gasteiger partial charge in [-0.1, -0.05) is 25.1 Å². The monoisotopic (exact) mass is 498 g/mol. The minimum atomic E-state index is -3.13. The van der Waals surface area contributed by atoms with Crippen molar-refractivity contribution < 1.29 is 13.2 Å². The number of rotatable bonds is 9. The van der Waals surface area contributed by atoms with Crippen LogP contribution in [0, 0.1) is 0 Å². The Bertz CT molecular complexity index is 668. The molecular weight excluding hydrogens is 467 g/mol. The number of aliphatic imine (C=N–C) groups is 1. The van der Waals surface area contributed by atoms with Gasteiger partial charge in [0.2, 0.25) is 10.0 Å². The summed E-state index contributed by atoms with van der Waals surface area (Å²) in [6, 6.07) is 7.88. The van der Waals surface area contributed by atoms with Crippen molar-refractivity contribution in [2.45, 2.75) is 19.9 Å². The van der Waals surface area contributed by atoms with E-state index in [9.17, 15) is 8.42 Å². The quantitative estimate of drug-likeness (QED) is 0.244. The van der Waals surface area contributed by atoms with E-state index in [-0.39, 0.29) is 24.0 Å². The lowest BCUT2D eigenvalue weighted by atomic mass is 10.2. The van der Waals surface area contributed by atoms with Gasteiger partial charge >= 0.3 is 0 Å². The molecule has 0 saturated heterocycles. The van der Waals surface area contributed by atoms with Crippen LogP contribution in [0.1, 0.15) is 18.9 Å². The van der Waals surface area contributed by atoms with Crippen molar-refractivity contribution in [1.29, 1.82) is 0 Å². The van der Waals surface area contributed by atoms with Crippen LogP contribution in [0.5, 0.6) is 5.75 Å². The Morgan fingerprint density at radius 3 is 2.50 bits per heavy atom. The highest BCUT2D eigenvalue weighted by molar-refractivity contribution is 14.0. The van der Waals surface area contributed by atoms with Gasteiger partial charge in [0, 0.05) is 45.8 Å². The van der Waals surface area contributed by atoms with Crippen molar-refractivity contribution in [3.8, 4) is 5.75 Å². The summed E-state index contributed by atoms with van der Waals surface area (Å²) in [7, 11) is 2.21. The normalized spacial score (nSPS) is 11.8. The standard InChI is InChI=1S/C17H30N4O3S.HI/c1-6-21(25(5,22)23)13-9-12-19-17(18-2)20(3)14-15-10-7-8-11-16(15)24-4;/h7-8,10-11H,6,9,12-14H2,1-5H3,(H,18,19);1H. The Kier molecular flexibility index (Phi) is 11.8. The SMILES string of the molecule is CCN(CCCNC(=NC)N(C)Cc1ccccc1OC)S(C)(=O)=O.I. The van der Waals surface area contributed by atoms with Crippen LogP contribution in [-0.4, -0.2) is 70.7 Å². The molecule has 9 heteroatoms. The van der Waals surface area contributed by atoms with E-state index in [1.165, 1.54) is 10.6 Å². The molecular formula is C17H31IN4O3S. The third kappa shape index (κ3) is 8.09. The van der Waals surface area contributed by atoms with Gasteiger partial charge in [0.1, 0.15) is 5.75 Å². The summed E-state index contributed by atoms with van der Waals surface area (Å²) < 4.78 is 30.0. The van der Waals surface area contributed by atoms with E-state index in [1.807, 2.05) is 43.1 Å². The summed E-state index contributed by atoms with van der Waals surface area (Å²) in [5.74, 6) is 1.60. The molecule has 0 aliphatic carbocycles. The number of hydrogen-bond donors (Lipinski definition) is 1. The van der Waals surface area contributed by atoms with E-state index in [2.05, 4.69) is 10.3 Å². The zero-order valence-corrected chi connectivity index (χ0v) is 19.4. The van der Waals surface area contributed by atoms with Gasteiger partial charge in [-0.3, -0.25) is 4.99 Å². The number of hydrogen-bond acceptors (Lipinski definition) is 4. The predicted octanol–water partition coefficient (Wildman–Crippen LogP) is 1.99. The van der Waals surface area contributed by atoms with E-state index < -0.39 is 10.0 Å². The predicted molar refractivity (Wildman–Crippen MR) is 118 cm³/mol. The van der Waals surface area contributed by atoms with Crippen molar-refractivity contribution in [2.24, 2.45) is 4.99 Å². The van der Waals surface area contributed by atoms with E-state index in [0.29, 0.717) is 32.6 Å². The number of sulfonamides is 1. The van der Waals surface area contributed by atoms with Crippen LogP contribution in [0.3, 0.4) is 0 Å². The molecule has 0 atom stereocenters. The number of methoxy groups -OCH3 is 1. The highest BCUT2D eigenvalue weighted by Crippen LogP contribution is 2.18. The Labute approximate surface area is 174 Å². The number of benzene rings is 1. The fourth-order valence-electron chi connectivity index (χ4n) is 2.56. The van der Waals surface area contributed by atoms with Crippen LogP contribution in [-0.2, 0) is 16.6 Å². The molecule has 0 aliphatic rings. The number of ether oxygens (including phenoxy) is 1. The number of nitrogens with one attached hydrogen (secondary N) is 1. The second-order valence-corrected chi connectivity index (χ2v) is 7.73. The zero-order chi connectivity index (χ0) is 18.9. The lowest BCUT2D eigenvalue weighted by Crippen LogP contribution is -2.40. The third-order valence-electron chi connectivity index (χ3n) is 3.86. The largest absolute Gasteiger partial charge is 0.496 e. The molecule has 0 unspecified atom stereocenters. The van der Waals surface area contributed by atoms with Crippen LogP contribution in [0.25, 0.3) is 0 Å². The van der Waals surface area contributed by atoms with Crippen molar-refractivity contribution >= 4 is 40.0 Å². The van der Waals surface area contributed by atoms with Crippen LogP contribution >= 0.6 is 24.0 Å². The zero-order valence-electron chi connectivity index (χ0n) is 16.2. The first-order valence-corrected chi connectivity index (χ1v) is 10.2. The molecule has 26 heavy (non-hydrogen) atoms. The first-order chi connectivity index (χ1) is 11.8. The number of guanidine groups is 1. The van der Waals surface area contributed by atoms with Gasteiger partial charge < -0.3 is 15.0 Å². The van der Waals surface area contributed by atoms with E-state index >= 15 is 0 Å². The summed E-state index contributed by atoms with van der Waals surface area (Å²) in [6.07, 6.45) is 1.95. The minimum Gasteiger partial charge on any atom is -0.496 e. The van der Waals surface area contributed by atoms with Gasteiger partial charge in [-0.05, 0) is 12.5 Å². The van der Waals surface area contributed by atoms with Crippen molar-refractivity contribution in [3.05, 3.63) is 29.8 Å². The molecule has 7 nitrogen and oxygen atoms in total. The molecule has 0 bridgehead atoms. The summed E-state index contributed by atoms with van der Waals surface area (Å²) in [5, 5.41) is 3.27. The van der Waals surface area contributed by atoms with Gasteiger partial charge in [0.25, 0.3) is 0 Å². The molecule has 0 fully saturated rings. The molecule has 150 valence electrons. The molecule has 0 aromatic heterocycles. The maximum atomic E-state index is 11.6. The van der Waals surface area contributed by atoms with Crippen LogP contribution in [0.2, 0.25) is 0 Å². The molecule has 1 rings (SSSR count). The van der Waals surface area contributed by atoms with Crippen LogP contribution in [0.15, 0.2) is 29.3 Å². The Morgan fingerprint density at radius 2 is 1.96 bits per heavy atom. The van der Waals surface area contributed by atoms with E-state index in [4.69, 9.17) is 4.74 Å². The van der Waals surface area contributed by atoms with Gasteiger partial charge in [-0.15, -0.1) is 24.0 Å². The van der Waals surface area contributed by atoms with Crippen molar-refractivity contribution in [2.75, 3.05) is 47.1 Å². The summed E-state index contributed by atoms with van der Waals surface area (Å²) in [4.78, 5) is 6.29. The number of para-hydroxylation sites is 1. The highest BCUT2D eigenvalue weighted by atomic mass is 127. The molecule has 0 aliphatic heterocycles. The van der Waals surface area contributed by atoms with Gasteiger partial charge in [0.15, 0.2) is 5.96 Å². The second kappa shape index (κ2) is 12.3. The maximum absolute atomic E-state index is 11.6. The molecule has 0 saturated carbocycles. The first-order valence-electron chi connectivity index (χ1n) is 8.32. The fraction of sp³-hybridized carbons (Fsp3) is 0.588. The molecule has 0 radical (unpaired) electrons. The molecule has 0 spiro atoms. The Morgan fingerprint density at radius 1 is 1.31 bits per heavy atom. The third-order valence-corrected chi connectivity index (χ3v) is 5.24. The summed E-state index contributed by atoms with van der Waals surface area (Å²) in [6.45, 7) is 4.13. The summed E-state index contributed by atoms with van der Waals surface area (Å²) in [5.41, 5.74) is 1.07. The molecule has 0 heterocycles. The topological polar surface area (TPSA) is 74.2 Å². The van der Waals surface area contributed by atoms with Gasteiger partial charge in [-0.25, -0.2) is 12.7 Å². The van der Waals surface area contributed by atoms with E-state index in [1.54, 1.807) is 14.2 Å². The lowest BCUT2D eigenvalue weighted by molar-refractivity contribution is 0.395. The average Bonchev–Trinajstić information content (AvgIpc) is 2.57. The molecule has 1 aromatic rings. The van der Waals surface area contributed by atoms with Crippen molar-refractivity contribution in [3.63, 3.8) is 0 Å². The number of nitrogens with zero attached hydrogens (tertiary/aromatic N) is 3. The van der Waals surface area contributed by atoms with Crippen molar-refractivity contribution in [1.82, 2.24) is 14.5 Å². The molecule has 0 amide bonds. The summed E-state index contributed by atoms with van der Waals surface area (Å²) >= 11 is 0. The average molecular weight is 498 g/mol. The van der Waals surface area contributed by atoms with E-state index in [0.717, 1.165) is 17.3 Å². The Balaban J connectivity index is 0.00000625. The van der Waals surface area contributed by atoms with Crippen LogP contribution < -0.4 is 10.1 Å². The fourth-order valence-corrected chi connectivity index (χ4v) is 3.49. The van der Waals surface area contributed by atoms with Crippen LogP contribution in [0.4, 0.5) is 0 Å². The second-order valence-electron chi connectivity index (χ2n) is 5.75. The maximum Gasteiger partial charge on any atom is 0.211 e. The molecule has 1 aromatic carbocycles. The van der Waals surface area contributed by atoms with Gasteiger partial charge in [-0.2, -0.15) is 0 Å².